The van der Waals surface area contributed by atoms with E-state index in [0.717, 1.165) is 11.4 Å². The summed E-state index contributed by atoms with van der Waals surface area (Å²) in [7, 11) is 1.52. The van der Waals surface area contributed by atoms with Gasteiger partial charge in [0, 0.05) is 17.2 Å². The minimum atomic E-state index is 0.0949. The van der Waals surface area contributed by atoms with E-state index in [-0.39, 0.29) is 5.95 Å². The molecule has 0 spiro atoms. The molecule has 0 radical (unpaired) electrons. The van der Waals surface area contributed by atoms with Crippen LogP contribution in [0.4, 0.5) is 5.95 Å². The van der Waals surface area contributed by atoms with Gasteiger partial charge in [0.15, 0.2) is 0 Å². The predicted molar refractivity (Wildman–Crippen MR) is 140 cm³/mol. The predicted octanol–water partition coefficient (Wildman–Crippen LogP) is 4.99. The number of ether oxygens (including phenoxy) is 1. The quantitative estimate of drug-likeness (QED) is 0.380. The van der Waals surface area contributed by atoms with Crippen LogP contribution in [0, 0.1) is 17.2 Å². The first-order valence-electron chi connectivity index (χ1n) is 12.6. The molecule has 0 saturated heterocycles. The van der Waals surface area contributed by atoms with Crippen molar-refractivity contribution in [3.8, 4) is 34.5 Å². The Kier molecular flexibility index (Phi) is 7.08. The second kappa shape index (κ2) is 10.7. The topological polar surface area (TPSA) is 128 Å². The number of anilines is 1. The number of nitrogens with two attached hydrogens (primary N) is 1. The van der Waals surface area contributed by atoms with E-state index in [4.69, 9.17) is 15.5 Å². The van der Waals surface area contributed by atoms with Crippen LogP contribution in [-0.4, -0.2) is 37.1 Å². The lowest BCUT2D eigenvalue weighted by atomic mass is 9.79. The van der Waals surface area contributed by atoms with Gasteiger partial charge >= 0.3 is 0 Å². The van der Waals surface area contributed by atoms with Gasteiger partial charge in [-0.15, -0.1) is 5.10 Å². The van der Waals surface area contributed by atoms with Gasteiger partial charge in [0.25, 0.3) is 0 Å². The van der Waals surface area contributed by atoms with Gasteiger partial charge in [0.05, 0.1) is 42.5 Å². The first kappa shape index (κ1) is 24.4. The normalized spacial score (nSPS) is 14.7. The van der Waals surface area contributed by atoms with E-state index in [1.54, 1.807) is 22.9 Å². The SMILES string of the molecule is COc1c(C#N)cccc1-c1cc(-c2cn(Cc3cccc([C@@H](C)C4CCCCC4)n3)nn2)nc(N)n1. The van der Waals surface area contributed by atoms with Crippen LogP contribution >= 0.6 is 0 Å². The summed E-state index contributed by atoms with van der Waals surface area (Å²) in [5, 5.41) is 18.1. The highest BCUT2D eigenvalue weighted by molar-refractivity contribution is 5.74. The van der Waals surface area contributed by atoms with Crippen molar-refractivity contribution in [2.45, 2.75) is 51.5 Å². The van der Waals surface area contributed by atoms with Crippen LogP contribution in [0.2, 0.25) is 0 Å². The molecular weight excluding hydrogens is 464 g/mol. The molecule has 0 amide bonds. The number of nitrogen functional groups attached to an aromatic ring is 1. The van der Waals surface area contributed by atoms with E-state index in [9.17, 15) is 5.26 Å². The summed E-state index contributed by atoms with van der Waals surface area (Å²) in [6.07, 6.45) is 8.40. The fraction of sp³-hybridized carbons (Fsp3) is 0.357. The Morgan fingerprint density at radius 2 is 1.84 bits per heavy atom. The Balaban J connectivity index is 1.38. The molecule has 2 N–H and O–H groups in total. The Bertz CT molecular complexity index is 1430. The number of nitrogens with zero attached hydrogens (tertiary/aromatic N) is 7. The standard InChI is InChI=1S/C28H30N8O/c1-18(19-8-4-3-5-9-19)23-13-7-11-21(31-23)16-36-17-26(34-35-36)25-14-24(32-28(30)33-25)22-12-6-10-20(15-29)27(22)37-2/h6-7,10-14,17-19H,3-5,8-9,16H2,1-2H3,(H2,30,32,33)/t18-/m0/s1. The first-order valence-corrected chi connectivity index (χ1v) is 12.6. The molecule has 37 heavy (non-hydrogen) atoms. The van der Waals surface area contributed by atoms with E-state index >= 15 is 0 Å². The summed E-state index contributed by atoms with van der Waals surface area (Å²) >= 11 is 0. The minimum Gasteiger partial charge on any atom is -0.495 e. The van der Waals surface area contributed by atoms with Crippen molar-refractivity contribution in [3.05, 3.63) is 65.6 Å². The van der Waals surface area contributed by atoms with Crippen molar-refractivity contribution in [2.24, 2.45) is 5.92 Å². The monoisotopic (exact) mass is 494 g/mol. The van der Waals surface area contributed by atoms with Gasteiger partial charge in [-0.25, -0.2) is 14.6 Å². The maximum atomic E-state index is 9.43. The van der Waals surface area contributed by atoms with Crippen molar-refractivity contribution < 1.29 is 4.74 Å². The van der Waals surface area contributed by atoms with Crippen LogP contribution in [0.3, 0.4) is 0 Å². The van der Waals surface area contributed by atoms with Gasteiger partial charge in [0.2, 0.25) is 5.95 Å². The Morgan fingerprint density at radius 3 is 2.62 bits per heavy atom. The molecule has 3 aromatic heterocycles. The average Bonchev–Trinajstić information content (AvgIpc) is 3.41. The van der Waals surface area contributed by atoms with Crippen molar-refractivity contribution in [3.63, 3.8) is 0 Å². The zero-order valence-electron chi connectivity index (χ0n) is 21.1. The van der Waals surface area contributed by atoms with E-state index in [2.05, 4.69) is 45.4 Å². The number of benzene rings is 1. The summed E-state index contributed by atoms with van der Waals surface area (Å²) in [6.45, 7) is 2.80. The Morgan fingerprint density at radius 1 is 1.05 bits per heavy atom. The van der Waals surface area contributed by atoms with Gasteiger partial charge in [-0.3, -0.25) is 4.98 Å². The zero-order chi connectivity index (χ0) is 25.8. The number of pyridine rings is 1. The number of rotatable bonds is 7. The van der Waals surface area contributed by atoms with Gasteiger partial charge < -0.3 is 10.5 Å². The van der Waals surface area contributed by atoms with Crippen LogP contribution in [0.1, 0.15) is 61.9 Å². The highest BCUT2D eigenvalue weighted by Crippen LogP contribution is 2.35. The fourth-order valence-corrected chi connectivity index (χ4v) is 5.16. The zero-order valence-corrected chi connectivity index (χ0v) is 21.1. The lowest BCUT2D eigenvalue weighted by molar-refractivity contribution is 0.312. The summed E-state index contributed by atoms with van der Waals surface area (Å²) in [5.41, 5.74) is 10.8. The molecule has 0 unspecified atom stereocenters. The maximum absolute atomic E-state index is 9.43. The molecule has 1 atom stereocenters. The molecule has 1 aliphatic rings. The summed E-state index contributed by atoms with van der Waals surface area (Å²) in [6, 6.07) is 15.4. The molecule has 188 valence electrons. The molecule has 9 heteroatoms. The smallest absolute Gasteiger partial charge is 0.221 e. The molecule has 1 saturated carbocycles. The van der Waals surface area contributed by atoms with Crippen LogP contribution in [0.25, 0.3) is 22.6 Å². The van der Waals surface area contributed by atoms with Crippen LogP contribution in [0.15, 0.2) is 48.7 Å². The van der Waals surface area contributed by atoms with Crippen LogP contribution in [0.5, 0.6) is 5.75 Å². The third kappa shape index (κ3) is 5.28. The molecule has 1 fully saturated rings. The van der Waals surface area contributed by atoms with E-state index in [0.29, 0.717) is 52.3 Å². The van der Waals surface area contributed by atoms with Crippen molar-refractivity contribution in [1.82, 2.24) is 29.9 Å². The summed E-state index contributed by atoms with van der Waals surface area (Å²) < 4.78 is 7.23. The van der Waals surface area contributed by atoms with Gasteiger partial charge in [-0.05, 0) is 49.1 Å². The van der Waals surface area contributed by atoms with Crippen molar-refractivity contribution in [2.75, 3.05) is 12.8 Å². The number of methoxy groups -OCH3 is 1. The molecule has 5 rings (SSSR count). The van der Waals surface area contributed by atoms with E-state index in [1.165, 1.54) is 39.2 Å². The number of para-hydroxylation sites is 1. The highest BCUT2D eigenvalue weighted by atomic mass is 16.5. The highest BCUT2D eigenvalue weighted by Gasteiger charge is 2.22. The number of hydrogen-bond donors (Lipinski definition) is 1. The molecule has 4 aromatic rings. The molecule has 9 nitrogen and oxygen atoms in total. The lowest BCUT2D eigenvalue weighted by Gasteiger charge is -2.27. The van der Waals surface area contributed by atoms with Crippen LogP contribution in [-0.2, 0) is 6.54 Å². The third-order valence-electron chi connectivity index (χ3n) is 7.14. The molecular formula is C28H30N8O. The first-order chi connectivity index (χ1) is 18.1. The molecule has 0 aliphatic heterocycles. The number of nitriles is 1. The summed E-state index contributed by atoms with van der Waals surface area (Å²) in [5.74, 6) is 1.69. The number of hydrogen-bond acceptors (Lipinski definition) is 8. The fourth-order valence-electron chi connectivity index (χ4n) is 5.16. The number of aromatic nitrogens is 6. The van der Waals surface area contributed by atoms with Gasteiger partial charge in [-0.2, -0.15) is 5.26 Å². The Labute approximate surface area is 216 Å². The molecule has 3 heterocycles. The summed E-state index contributed by atoms with van der Waals surface area (Å²) in [4.78, 5) is 13.7. The Hall–Kier alpha value is -4.32. The van der Waals surface area contributed by atoms with Crippen molar-refractivity contribution >= 4 is 5.95 Å². The molecule has 0 bridgehead atoms. The molecule has 1 aromatic carbocycles. The lowest BCUT2D eigenvalue weighted by Crippen LogP contribution is -2.15. The third-order valence-corrected chi connectivity index (χ3v) is 7.14. The second-order valence-electron chi connectivity index (χ2n) is 9.54. The molecule has 1 aliphatic carbocycles. The largest absolute Gasteiger partial charge is 0.495 e. The van der Waals surface area contributed by atoms with Gasteiger partial charge in [0.1, 0.15) is 17.5 Å². The van der Waals surface area contributed by atoms with E-state index in [1.807, 2.05) is 18.3 Å². The minimum absolute atomic E-state index is 0.0949. The average molecular weight is 495 g/mol. The van der Waals surface area contributed by atoms with Crippen LogP contribution < -0.4 is 10.5 Å². The maximum Gasteiger partial charge on any atom is 0.221 e. The van der Waals surface area contributed by atoms with Crippen molar-refractivity contribution in [1.29, 1.82) is 5.26 Å². The van der Waals surface area contributed by atoms with E-state index < -0.39 is 0 Å². The van der Waals surface area contributed by atoms with Gasteiger partial charge in [-0.1, -0.05) is 43.5 Å². The second-order valence-corrected chi connectivity index (χ2v) is 9.54.